The van der Waals surface area contributed by atoms with E-state index in [1.807, 2.05) is 12.4 Å². The molecule has 0 spiro atoms. The molecule has 0 aliphatic rings. The molecular weight excluding hydrogens is 199 g/mol. The zero-order valence-electron chi connectivity index (χ0n) is 7.87. The Balaban J connectivity index is 0.000000292. The smallest absolute Gasteiger partial charge is 0.418 e. The Morgan fingerprint density at radius 3 is 1.64 bits per heavy atom. The quantitative estimate of drug-likeness (QED) is 0.394. The summed E-state index contributed by atoms with van der Waals surface area (Å²) in [6.07, 6.45) is 7.51. The van der Waals surface area contributed by atoms with Crippen molar-refractivity contribution in [2.75, 3.05) is 0 Å². The van der Waals surface area contributed by atoms with Crippen molar-refractivity contribution < 1.29 is 21.8 Å². The van der Waals surface area contributed by atoms with Crippen LogP contribution in [-0.4, -0.2) is 12.2 Å². The molecular formula is C7H11BF4N2. The second kappa shape index (κ2) is 5.56. The fourth-order valence-electron chi connectivity index (χ4n) is 0.675. The van der Waals surface area contributed by atoms with Gasteiger partial charge in [0.1, 0.15) is 0 Å². The minimum Gasteiger partial charge on any atom is -0.418 e. The van der Waals surface area contributed by atoms with Gasteiger partial charge in [0.05, 0.1) is 12.4 Å². The molecule has 0 radical (unpaired) electrons. The van der Waals surface area contributed by atoms with Gasteiger partial charge in [-0.1, -0.05) is 0 Å². The standard InChI is InChI=1S/C7H11N2.BF4/c1-7(2)9-5-3-8-4-6-9;2-1(3,4)5/h3-7H,1-2H3;/q+1;-1. The predicted molar refractivity (Wildman–Crippen MR) is 45.0 cm³/mol. The van der Waals surface area contributed by atoms with Gasteiger partial charge >= 0.3 is 7.25 Å². The second-order valence-electron chi connectivity index (χ2n) is 2.78. The summed E-state index contributed by atoms with van der Waals surface area (Å²) in [5.74, 6) is 0. The zero-order chi connectivity index (χ0) is 11.2. The molecule has 1 rings (SSSR count). The molecule has 0 aliphatic carbocycles. The molecule has 0 aliphatic heterocycles. The van der Waals surface area contributed by atoms with Gasteiger partial charge in [0.15, 0.2) is 18.4 Å². The Morgan fingerprint density at radius 1 is 1.07 bits per heavy atom. The summed E-state index contributed by atoms with van der Waals surface area (Å²) >= 11 is 0. The van der Waals surface area contributed by atoms with Gasteiger partial charge in [0.25, 0.3) is 0 Å². The maximum Gasteiger partial charge on any atom is 0.673 e. The van der Waals surface area contributed by atoms with Gasteiger partial charge in [-0.3, -0.25) is 4.98 Å². The average Bonchev–Trinajstić information content (AvgIpc) is 2.03. The van der Waals surface area contributed by atoms with Crippen molar-refractivity contribution in [1.82, 2.24) is 4.98 Å². The van der Waals surface area contributed by atoms with Crippen molar-refractivity contribution in [2.24, 2.45) is 0 Å². The lowest BCUT2D eigenvalue weighted by molar-refractivity contribution is -0.716. The van der Waals surface area contributed by atoms with Crippen LogP contribution in [0.25, 0.3) is 0 Å². The van der Waals surface area contributed by atoms with Crippen LogP contribution in [-0.2, 0) is 0 Å². The molecule has 0 N–H and O–H groups in total. The first-order valence-corrected chi connectivity index (χ1v) is 3.99. The largest absolute Gasteiger partial charge is 0.673 e. The van der Waals surface area contributed by atoms with Crippen molar-refractivity contribution in [2.45, 2.75) is 19.9 Å². The predicted octanol–water partition coefficient (Wildman–Crippen LogP) is 2.25. The number of hydrogen-bond donors (Lipinski definition) is 0. The maximum absolute atomic E-state index is 9.75. The van der Waals surface area contributed by atoms with E-state index in [9.17, 15) is 17.3 Å². The third-order valence-electron chi connectivity index (χ3n) is 1.25. The molecule has 1 aromatic rings. The van der Waals surface area contributed by atoms with Crippen LogP contribution in [0.4, 0.5) is 17.3 Å². The van der Waals surface area contributed by atoms with Gasteiger partial charge in [-0.05, 0) is 13.8 Å². The first-order chi connectivity index (χ1) is 6.30. The number of halogens is 4. The summed E-state index contributed by atoms with van der Waals surface area (Å²) in [5, 5.41) is 0. The molecule has 7 heteroatoms. The lowest BCUT2D eigenvalue weighted by Crippen LogP contribution is -2.34. The summed E-state index contributed by atoms with van der Waals surface area (Å²) in [7, 11) is -6.00. The van der Waals surface area contributed by atoms with Gasteiger partial charge in [-0.2, -0.15) is 0 Å². The van der Waals surface area contributed by atoms with Gasteiger partial charge in [0.2, 0.25) is 0 Å². The third kappa shape index (κ3) is 8.96. The van der Waals surface area contributed by atoms with E-state index < -0.39 is 7.25 Å². The Kier molecular flexibility index (Phi) is 5.11. The highest BCUT2D eigenvalue weighted by molar-refractivity contribution is 6.50. The highest BCUT2D eigenvalue weighted by atomic mass is 19.5. The summed E-state index contributed by atoms with van der Waals surface area (Å²) in [5.41, 5.74) is 0. The van der Waals surface area contributed by atoms with Crippen molar-refractivity contribution in [3.63, 3.8) is 0 Å². The van der Waals surface area contributed by atoms with Gasteiger partial charge in [0, 0.05) is 0 Å². The van der Waals surface area contributed by atoms with Crippen LogP contribution in [0.5, 0.6) is 0 Å². The minimum atomic E-state index is -6.00. The Morgan fingerprint density at radius 2 is 1.43 bits per heavy atom. The van der Waals surface area contributed by atoms with Crippen LogP contribution in [0.1, 0.15) is 19.9 Å². The van der Waals surface area contributed by atoms with Crippen LogP contribution in [0.15, 0.2) is 24.8 Å². The lowest BCUT2D eigenvalue weighted by atomic mass is 10.3. The monoisotopic (exact) mass is 210 g/mol. The van der Waals surface area contributed by atoms with E-state index in [2.05, 4.69) is 23.4 Å². The molecule has 0 bridgehead atoms. The molecule has 0 unspecified atom stereocenters. The van der Waals surface area contributed by atoms with Crippen molar-refractivity contribution >= 4 is 7.25 Å². The van der Waals surface area contributed by atoms with Gasteiger partial charge in [-0.25, -0.2) is 4.57 Å². The van der Waals surface area contributed by atoms with E-state index >= 15 is 0 Å². The second-order valence-corrected chi connectivity index (χ2v) is 2.78. The molecule has 0 amide bonds. The lowest BCUT2D eigenvalue weighted by Gasteiger charge is -1.95. The van der Waals surface area contributed by atoms with Crippen LogP contribution in [0.3, 0.4) is 0 Å². The molecule has 0 atom stereocenters. The summed E-state index contributed by atoms with van der Waals surface area (Å²) in [6.45, 7) is 4.28. The topological polar surface area (TPSA) is 16.8 Å². The van der Waals surface area contributed by atoms with Crippen molar-refractivity contribution in [3.8, 4) is 0 Å². The Labute approximate surface area is 79.7 Å². The highest BCUT2D eigenvalue weighted by Crippen LogP contribution is 2.06. The van der Waals surface area contributed by atoms with Gasteiger partial charge < -0.3 is 17.3 Å². The third-order valence-corrected chi connectivity index (χ3v) is 1.25. The van der Waals surface area contributed by atoms with Gasteiger partial charge in [-0.15, -0.1) is 0 Å². The summed E-state index contributed by atoms with van der Waals surface area (Å²) in [6, 6.07) is 0.535. The SMILES string of the molecule is CC(C)[n+]1ccncc1.F[B-](F)(F)F. The fourth-order valence-corrected chi connectivity index (χ4v) is 0.675. The molecule has 1 aromatic heterocycles. The number of aromatic nitrogens is 2. The number of rotatable bonds is 1. The van der Waals surface area contributed by atoms with E-state index in [1.165, 1.54) is 0 Å². The molecule has 0 aromatic carbocycles. The fraction of sp³-hybridized carbons (Fsp3) is 0.429. The zero-order valence-corrected chi connectivity index (χ0v) is 7.87. The average molecular weight is 210 g/mol. The number of nitrogens with zero attached hydrogens (tertiary/aromatic N) is 2. The molecule has 0 saturated heterocycles. The van der Waals surface area contributed by atoms with Crippen LogP contribution >= 0.6 is 0 Å². The van der Waals surface area contributed by atoms with E-state index in [4.69, 9.17) is 0 Å². The first-order valence-electron chi connectivity index (χ1n) is 3.99. The molecule has 14 heavy (non-hydrogen) atoms. The Bertz CT molecular complexity index is 244. The van der Waals surface area contributed by atoms with Crippen LogP contribution in [0.2, 0.25) is 0 Å². The van der Waals surface area contributed by atoms with E-state index in [-0.39, 0.29) is 0 Å². The van der Waals surface area contributed by atoms with Crippen molar-refractivity contribution in [1.29, 1.82) is 0 Å². The maximum atomic E-state index is 9.75. The summed E-state index contributed by atoms with van der Waals surface area (Å²) in [4.78, 5) is 3.91. The van der Waals surface area contributed by atoms with Crippen LogP contribution < -0.4 is 4.57 Å². The molecule has 2 nitrogen and oxygen atoms in total. The van der Waals surface area contributed by atoms with E-state index in [1.54, 1.807) is 12.4 Å². The van der Waals surface area contributed by atoms with Crippen molar-refractivity contribution in [3.05, 3.63) is 24.8 Å². The molecule has 1 heterocycles. The Hall–Kier alpha value is -1.14. The minimum absolute atomic E-state index is 0.535. The first kappa shape index (κ1) is 12.9. The van der Waals surface area contributed by atoms with Crippen LogP contribution in [0, 0.1) is 0 Å². The molecule has 0 fully saturated rings. The van der Waals surface area contributed by atoms with E-state index in [0.29, 0.717) is 6.04 Å². The van der Waals surface area contributed by atoms with E-state index in [0.717, 1.165) is 0 Å². The molecule has 0 saturated carbocycles. The highest BCUT2D eigenvalue weighted by Gasteiger charge is 2.20. The summed E-state index contributed by atoms with van der Waals surface area (Å²) < 4.78 is 41.1. The normalized spacial score (nSPS) is 10.8. The number of hydrogen-bond acceptors (Lipinski definition) is 1. The molecule has 80 valence electrons.